The van der Waals surface area contributed by atoms with E-state index in [1.807, 2.05) is 11.5 Å². The number of pyridine rings is 1. The molecule has 2 aromatic rings. The molecule has 0 saturated carbocycles. The Kier molecular flexibility index (Phi) is 3.74. The second-order valence-corrected chi connectivity index (χ2v) is 4.12. The summed E-state index contributed by atoms with van der Waals surface area (Å²) in [4.78, 5) is 16.1. The maximum Gasteiger partial charge on any atom is 0.253 e. The van der Waals surface area contributed by atoms with Crippen LogP contribution in [-0.2, 0) is 13.1 Å². The van der Waals surface area contributed by atoms with Gasteiger partial charge in [-0.3, -0.25) is 9.78 Å². The average Bonchev–Trinajstić information content (AvgIpc) is 2.86. The van der Waals surface area contributed by atoms with Crippen LogP contribution in [0.5, 0.6) is 0 Å². The van der Waals surface area contributed by atoms with Crippen LogP contribution in [0.4, 0.5) is 5.69 Å². The lowest BCUT2D eigenvalue weighted by Gasteiger charge is -2.08. The number of hydrogen-bond acceptors (Lipinski definition) is 5. The molecule has 0 saturated heterocycles. The summed E-state index contributed by atoms with van der Waals surface area (Å²) in [7, 11) is 0. The fourth-order valence-corrected chi connectivity index (χ4v) is 1.71. The SMILES string of the molecule is CCn1cnnc1CNC(=O)c1cc(N)cnc1C. The van der Waals surface area contributed by atoms with Gasteiger partial charge in [0.25, 0.3) is 5.91 Å². The lowest BCUT2D eigenvalue weighted by atomic mass is 10.2. The lowest BCUT2D eigenvalue weighted by Crippen LogP contribution is -2.25. The maximum atomic E-state index is 12.0. The largest absolute Gasteiger partial charge is 0.397 e. The summed E-state index contributed by atoms with van der Waals surface area (Å²) < 4.78 is 1.87. The molecular formula is C12H16N6O. The highest BCUT2D eigenvalue weighted by Crippen LogP contribution is 2.09. The normalized spacial score (nSPS) is 10.4. The predicted molar refractivity (Wildman–Crippen MR) is 70.3 cm³/mol. The molecule has 0 spiro atoms. The van der Waals surface area contributed by atoms with E-state index in [0.717, 1.165) is 6.54 Å². The number of rotatable bonds is 4. The zero-order valence-corrected chi connectivity index (χ0v) is 10.9. The molecule has 100 valence electrons. The molecule has 2 heterocycles. The summed E-state index contributed by atoms with van der Waals surface area (Å²) >= 11 is 0. The summed E-state index contributed by atoms with van der Waals surface area (Å²) in [6.07, 6.45) is 3.16. The summed E-state index contributed by atoms with van der Waals surface area (Å²) in [5.74, 6) is 0.494. The van der Waals surface area contributed by atoms with Crippen LogP contribution >= 0.6 is 0 Å². The number of carbonyl (C=O) groups excluding carboxylic acids is 1. The monoisotopic (exact) mass is 260 g/mol. The van der Waals surface area contributed by atoms with E-state index in [1.165, 1.54) is 6.20 Å². The molecule has 0 aliphatic rings. The van der Waals surface area contributed by atoms with E-state index in [4.69, 9.17) is 5.73 Å². The molecule has 1 amide bonds. The van der Waals surface area contributed by atoms with Gasteiger partial charge >= 0.3 is 0 Å². The van der Waals surface area contributed by atoms with E-state index in [9.17, 15) is 4.79 Å². The van der Waals surface area contributed by atoms with Crippen LogP contribution in [0.3, 0.4) is 0 Å². The Morgan fingerprint density at radius 2 is 2.32 bits per heavy atom. The van der Waals surface area contributed by atoms with E-state index in [-0.39, 0.29) is 5.91 Å². The van der Waals surface area contributed by atoms with Gasteiger partial charge in [0, 0.05) is 6.54 Å². The molecular weight excluding hydrogens is 244 g/mol. The fourth-order valence-electron chi connectivity index (χ4n) is 1.71. The molecule has 7 nitrogen and oxygen atoms in total. The first-order valence-corrected chi connectivity index (χ1v) is 5.98. The molecule has 0 aliphatic heterocycles. The minimum Gasteiger partial charge on any atom is -0.397 e. The third-order valence-electron chi connectivity index (χ3n) is 2.80. The number of nitrogens with one attached hydrogen (secondary N) is 1. The van der Waals surface area contributed by atoms with Gasteiger partial charge in [-0.25, -0.2) is 0 Å². The Labute approximate surface area is 110 Å². The molecule has 0 atom stereocenters. The van der Waals surface area contributed by atoms with Crippen LogP contribution in [0.15, 0.2) is 18.6 Å². The van der Waals surface area contributed by atoms with E-state index in [2.05, 4.69) is 20.5 Å². The minimum absolute atomic E-state index is 0.219. The van der Waals surface area contributed by atoms with E-state index < -0.39 is 0 Å². The number of nitrogens with two attached hydrogens (primary N) is 1. The first-order valence-electron chi connectivity index (χ1n) is 5.98. The number of aryl methyl sites for hydroxylation is 2. The number of anilines is 1. The third kappa shape index (κ3) is 2.87. The van der Waals surface area contributed by atoms with Gasteiger partial charge in [-0.1, -0.05) is 0 Å². The molecule has 0 fully saturated rings. The van der Waals surface area contributed by atoms with Crippen molar-refractivity contribution >= 4 is 11.6 Å². The molecule has 3 N–H and O–H groups in total. The molecule has 19 heavy (non-hydrogen) atoms. The summed E-state index contributed by atoms with van der Waals surface area (Å²) in [6, 6.07) is 1.61. The Balaban J connectivity index is 2.07. The van der Waals surface area contributed by atoms with E-state index >= 15 is 0 Å². The van der Waals surface area contributed by atoms with Gasteiger partial charge in [-0.05, 0) is 19.9 Å². The van der Waals surface area contributed by atoms with Crippen molar-refractivity contribution in [1.29, 1.82) is 0 Å². The van der Waals surface area contributed by atoms with Gasteiger partial charge in [0.2, 0.25) is 0 Å². The minimum atomic E-state index is -0.219. The highest BCUT2D eigenvalue weighted by Gasteiger charge is 2.11. The third-order valence-corrected chi connectivity index (χ3v) is 2.80. The van der Waals surface area contributed by atoms with Crippen LogP contribution in [-0.4, -0.2) is 25.7 Å². The smallest absolute Gasteiger partial charge is 0.253 e. The van der Waals surface area contributed by atoms with Crippen molar-refractivity contribution in [2.75, 3.05) is 5.73 Å². The quantitative estimate of drug-likeness (QED) is 0.834. The van der Waals surface area contributed by atoms with Crippen molar-refractivity contribution in [3.8, 4) is 0 Å². The molecule has 2 aromatic heterocycles. The van der Waals surface area contributed by atoms with Gasteiger partial charge in [0.1, 0.15) is 6.33 Å². The lowest BCUT2D eigenvalue weighted by molar-refractivity contribution is 0.0948. The van der Waals surface area contributed by atoms with Gasteiger partial charge in [0.05, 0.1) is 29.7 Å². The van der Waals surface area contributed by atoms with Crippen molar-refractivity contribution < 1.29 is 4.79 Å². The predicted octanol–water partition coefficient (Wildman–Crippen LogP) is 0.514. The topological polar surface area (TPSA) is 98.7 Å². The Bertz CT molecular complexity index is 592. The number of hydrogen-bond donors (Lipinski definition) is 2. The van der Waals surface area contributed by atoms with Crippen molar-refractivity contribution in [1.82, 2.24) is 25.1 Å². The molecule has 2 rings (SSSR count). The van der Waals surface area contributed by atoms with Crippen LogP contribution in [0.2, 0.25) is 0 Å². The van der Waals surface area contributed by atoms with Gasteiger partial charge in [0.15, 0.2) is 5.82 Å². The second kappa shape index (κ2) is 5.47. The van der Waals surface area contributed by atoms with E-state index in [0.29, 0.717) is 29.3 Å². The molecule has 0 aromatic carbocycles. The fraction of sp³-hybridized carbons (Fsp3) is 0.333. The standard InChI is InChI=1S/C12H16N6O/c1-3-18-7-16-17-11(18)6-15-12(19)10-4-9(13)5-14-8(10)2/h4-5,7H,3,6,13H2,1-2H3,(H,15,19). The molecule has 0 unspecified atom stereocenters. The highest BCUT2D eigenvalue weighted by atomic mass is 16.1. The Morgan fingerprint density at radius 1 is 1.53 bits per heavy atom. The van der Waals surface area contributed by atoms with Crippen molar-refractivity contribution in [2.24, 2.45) is 0 Å². The van der Waals surface area contributed by atoms with Crippen LogP contribution < -0.4 is 11.1 Å². The maximum absolute atomic E-state index is 12.0. The summed E-state index contributed by atoms with van der Waals surface area (Å²) in [5.41, 5.74) is 7.21. The number of carbonyl (C=O) groups is 1. The van der Waals surface area contributed by atoms with Gasteiger partial charge in [-0.15, -0.1) is 10.2 Å². The van der Waals surface area contributed by atoms with Crippen molar-refractivity contribution in [3.63, 3.8) is 0 Å². The summed E-state index contributed by atoms with van der Waals surface area (Å²) in [5, 5.41) is 10.5. The van der Waals surface area contributed by atoms with Gasteiger partial charge < -0.3 is 15.6 Å². The summed E-state index contributed by atoms with van der Waals surface area (Å²) in [6.45, 7) is 4.83. The molecule has 7 heteroatoms. The first-order chi connectivity index (χ1) is 9.11. The first kappa shape index (κ1) is 13.0. The van der Waals surface area contributed by atoms with Crippen LogP contribution in [0, 0.1) is 6.92 Å². The zero-order chi connectivity index (χ0) is 13.8. The number of amides is 1. The Hall–Kier alpha value is -2.44. The number of nitrogen functional groups attached to an aromatic ring is 1. The van der Waals surface area contributed by atoms with E-state index in [1.54, 1.807) is 19.3 Å². The molecule has 0 bridgehead atoms. The zero-order valence-electron chi connectivity index (χ0n) is 10.9. The van der Waals surface area contributed by atoms with Crippen molar-refractivity contribution in [3.05, 3.63) is 35.7 Å². The van der Waals surface area contributed by atoms with Gasteiger partial charge in [-0.2, -0.15) is 0 Å². The highest BCUT2D eigenvalue weighted by molar-refractivity contribution is 5.95. The second-order valence-electron chi connectivity index (χ2n) is 4.12. The number of aromatic nitrogens is 4. The molecule has 0 radical (unpaired) electrons. The van der Waals surface area contributed by atoms with Crippen LogP contribution in [0.25, 0.3) is 0 Å². The van der Waals surface area contributed by atoms with Crippen LogP contribution in [0.1, 0.15) is 28.8 Å². The van der Waals surface area contributed by atoms with Crippen molar-refractivity contribution in [2.45, 2.75) is 26.9 Å². The number of nitrogens with zero attached hydrogens (tertiary/aromatic N) is 4. The molecule has 0 aliphatic carbocycles. The Morgan fingerprint density at radius 3 is 3.05 bits per heavy atom. The average molecular weight is 260 g/mol.